The lowest BCUT2D eigenvalue weighted by atomic mass is 9.99. The van der Waals surface area contributed by atoms with E-state index in [0.717, 1.165) is 11.6 Å². The summed E-state index contributed by atoms with van der Waals surface area (Å²) in [6.45, 7) is 3.83. The summed E-state index contributed by atoms with van der Waals surface area (Å²) in [6.07, 6.45) is -4.50. The molecule has 0 bridgehead atoms. The lowest BCUT2D eigenvalue weighted by molar-refractivity contribution is -0.138. The van der Waals surface area contributed by atoms with Crippen LogP contribution in [0.4, 0.5) is 13.2 Å². The number of aromatic hydroxyl groups is 1. The average Bonchev–Trinajstić information content (AvgIpc) is 3.01. The van der Waals surface area contributed by atoms with Crippen LogP contribution in [0.15, 0.2) is 54.6 Å². The summed E-state index contributed by atoms with van der Waals surface area (Å²) in [4.78, 5) is 12.1. The SMILES string of the molecule is CC(C)c1cc(O)c2c3c(C(N)=O)cccc3n(Cc3ccccc3C(F)(F)F)c2c1. The van der Waals surface area contributed by atoms with E-state index in [1.807, 2.05) is 19.9 Å². The third-order valence-electron chi connectivity index (χ3n) is 5.58. The fourth-order valence-electron chi connectivity index (χ4n) is 4.07. The number of amides is 1. The van der Waals surface area contributed by atoms with Crippen molar-refractivity contribution < 1.29 is 23.1 Å². The fraction of sp³-hybridized carbons (Fsp3) is 0.208. The molecular weight excluding hydrogens is 405 g/mol. The maximum Gasteiger partial charge on any atom is 0.416 e. The number of carbonyl (C=O) groups is 1. The van der Waals surface area contributed by atoms with Crippen LogP contribution in [-0.2, 0) is 12.7 Å². The van der Waals surface area contributed by atoms with Crippen LogP contribution in [0.5, 0.6) is 5.75 Å². The summed E-state index contributed by atoms with van der Waals surface area (Å²) in [5.41, 5.74) is 7.04. The summed E-state index contributed by atoms with van der Waals surface area (Å²) in [5.74, 6) is -0.629. The first-order valence-corrected chi connectivity index (χ1v) is 9.82. The van der Waals surface area contributed by atoms with Crippen LogP contribution < -0.4 is 5.73 Å². The maximum absolute atomic E-state index is 13.6. The molecule has 0 radical (unpaired) electrons. The Morgan fingerprint density at radius 1 is 1.03 bits per heavy atom. The highest BCUT2D eigenvalue weighted by Crippen LogP contribution is 2.40. The number of carbonyl (C=O) groups excluding carboxylic acids is 1. The Labute approximate surface area is 176 Å². The predicted molar refractivity (Wildman–Crippen MR) is 114 cm³/mol. The van der Waals surface area contributed by atoms with Crippen molar-refractivity contribution in [3.05, 3.63) is 76.9 Å². The van der Waals surface area contributed by atoms with Crippen molar-refractivity contribution >= 4 is 27.7 Å². The van der Waals surface area contributed by atoms with Gasteiger partial charge >= 0.3 is 6.18 Å². The number of hydrogen-bond acceptors (Lipinski definition) is 2. The summed E-state index contributed by atoms with van der Waals surface area (Å²) >= 11 is 0. The van der Waals surface area contributed by atoms with Crippen LogP contribution in [0.2, 0.25) is 0 Å². The van der Waals surface area contributed by atoms with Gasteiger partial charge in [0.1, 0.15) is 5.75 Å². The number of halogens is 3. The summed E-state index contributed by atoms with van der Waals surface area (Å²) < 4.78 is 42.5. The van der Waals surface area contributed by atoms with Gasteiger partial charge in [-0.15, -0.1) is 0 Å². The van der Waals surface area contributed by atoms with Gasteiger partial charge < -0.3 is 15.4 Å². The molecule has 0 saturated carbocycles. The molecule has 0 unspecified atom stereocenters. The molecular formula is C24H21F3N2O2. The standard InChI is InChI=1S/C24H21F3N2O2/c1-13(2)15-10-19-22(20(30)11-15)21-16(23(28)31)7-5-9-18(21)29(19)12-14-6-3-4-8-17(14)24(25,26)27/h3-11,13,30H,12H2,1-2H3,(H2,28,31). The Bertz CT molecular complexity index is 1320. The number of nitrogens with two attached hydrogens (primary N) is 1. The van der Waals surface area contributed by atoms with Gasteiger partial charge in [-0.25, -0.2) is 0 Å². The Kier molecular flexibility index (Phi) is 4.92. The molecule has 3 N–H and O–H groups in total. The molecule has 31 heavy (non-hydrogen) atoms. The highest BCUT2D eigenvalue weighted by Gasteiger charge is 2.33. The van der Waals surface area contributed by atoms with Crippen molar-refractivity contribution in [1.29, 1.82) is 0 Å². The minimum atomic E-state index is -4.50. The summed E-state index contributed by atoms with van der Waals surface area (Å²) in [6, 6.07) is 13.8. The van der Waals surface area contributed by atoms with Gasteiger partial charge in [0.15, 0.2) is 0 Å². The molecule has 1 heterocycles. The number of benzene rings is 3. The molecule has 4 aromatic rings. The van der Waals surface area contributed by atoms with E-state index in [1.54, 1.807) is 34.9 Å². The van der Waals surface area contributed by atoms with Crippen molar-refractivity contribution in [3.8, 4) is 5.75 Å². The molecule has 160 valence electrons. The number of rotatable bonds is 4. The van der Waals surface area contributed by atoms with E-state index in [0.29, 0.717) is 21.8 Å². The second kappa shape index (κ2) is 7.34. The van der Waals surface area contributed by atoms with Gasteiger partial charge in [0.05, 0.1) is 22.0 Å². The molecule has 0 fully saturated rings. The second-order valence-corrected chi connectivity index (χ2v) is 7.89. The summed E-state index contributed by atoms with van der Waals surface area (Å²) in [5, 5.41) is 11.7. The number of fused-ring (bicyclic) bond motifs is 3. The smallest absolute Gasteiger partial charge is 0.416 e. The monoisotopic (exact) mass is 426 g/mol. The van der Waals surface area contributed by atoms with Gasteiger partial charge in [0.25, 0.3) is 0 Å². The molecule has 3 aromatic carbocycles. The topological polar surface area (TPSA) is 68.2 Å². The van der Waals surface area contributed by atoms with Crippen LogP contribution in [-0.4, -0.2) is 15.6 Å². The van der Waals surface area contributed by atoms with Crippen LogP contribution in [0.3, 0.4) is 0 Å². The molecule has 0 aliphatic rings. The number of nitrogens with zero attached hydrogens (tertiary/aromatic N) is 1. The molecule has 4 nitrogen and oxygen atoms in total. The van der Waals surface area contributed by atoms with Crippen LogP contribution in [0, 0.1) is 0 Å². The van der Waals surface area contributed by atoms with Crippen molar-refractivity contribution in [3.63, 3.8) is 0 Å². The minimum Gasteiger partial charge on any atom is -0.507 e. The molecule has 1 amide bonds. The molecule has 1 aromatic heterocycles. The third kappa shape index (κ3) is 3.50. The van der Waals surface area contributed by atoms with E-state index in [4.69, 9.17) is 5.73 Å². The highest BCUT2D eigenvalue weighted by atomic mass is 19.4. The van der Waals surface area contributed by atoms with Crippen molar-refractivity contribution in [2.24, 2.45) is 5.73 Å². The molecule has 0 spiro atoms. The van der Waals surface area contributed by atoms with E-state index in [1.165, 1.54) is 12.1 Å². The Hall–Kier alpha value is -3.48. The average molecular weight is 426 g/mol. The number of phenolic OH excluding ortho intramolecular Hbond substituents is 1. The lowest BCUT2D eigenvalue weighted by Crippen LogP contribution is -2.12. The van der Waals surface area contributed by atoms with Crippen molar-refractivity contribution in [2.75, 3.05) is 0 Å². The fourth-order valence-corrected chi connectivity index (χ4v) is 4.07. The minimum absolute atomic E-state index is 0.0391. The van der Waals surface area contributed by atoms with Crippen molar-refractivity contribution in [2.45, 2.75) is 32.5 Å². The zero-order chi connectivity index (χ0) is 22.5. The lowest BCUT2D eigenvalue weighted by Gasteiger charge is -2.15. The summed E-state index contributed by atoms with van der Waals surface area (Å²) in [7, 11) is 0. The van der Waals surface area contributed by atoms with Gasteiger partial charge in [-0.1, -0.05) is 38.1 Å². The van der Waals surface area contributed by atoms with Gasteiger partial charge in [-0.2, -0.15) is 13.2 Å². The number of hydrogen-bond donors (Lipinski definition) is 2. The van der Waals surface area contributed by atoms with Crippen LogP contribution >= 0.6 is 0 Å². The van der Waals surface area contributed by atoms with Crippen LogP contribution in [0.25, 0.3) is 21.8 Å². The molecule has 0 atom stereocenters. The highest BCUT2D eigenvalue weighted by molar-refractivity contribution is 6.19. The largest absolute Gasteiger partial charge is 0.507 e. The molecule has 0 aliphatic carbocycles. The number of primary amides is 1. The number of alkyl halides is 3. The number of aromatic nitrogens is 1. The first-order chi connectivity index (χ1) is 14.6. The first kappa shape index (κ1) is 20.8. The van der Waals surface area contributed by atoms with E-state index in [2.05, 4.69) is 0 Å². The molecule has 0 aliphatic heterocycles. The molecule has 4 rings (SSSR count). The van der Waals surface area contributed by atoms with Crippen LogP contribution in [0.1, 0.15) is 46.8 Å². The van der Waals surface area contributed by atoms with E-state index < -0.39 is 17.6 Å². The van der Waals surface area contributed by atoms with Gasteiger partial charge in [-0.3, -0.25) is 4.79 Å². The normalized spacial score (nSPS) is 12.2. The Morgan fingerprint density at radius 2 is 1.74 bits per heavy atom. The molecule has 7 heteroatoms. The predicted octanol–water partition coefficient (Wildman–Crippen LogP) is 5.79. The Morgan fingerprint density at radius 3 is 2.39 bits per heavy atom. The van der Waals surface area contributed by atoms with E-state index in [-0.39, 0.29) is 29.3 Å². The third-order valence-corrected chi connectivity index (χ3v) is 5.58. The maximum atomic E-state index is 13.6. The zero-order valence-electron chi connectivity index (χ0n) is 17.0. The first-order valence-electron chi connectivity index (χ1n) is 9.82. The Balaban J connectivity index is 2.09. The second-order valence-electron chi connectivity index (χ2n) is 7.89. The zero-order valence-corrected chi connectivity index (χ0v) is 17.0. The van der Waals surface area contributed by atoms with E-state index in [9.17, 15) is 23.1 Å². The van der Waals surface area contributed by atoms with Gasteiger partial charge in [-0.05, 0) is 47.4 Å². The van der Waals surface area contributed by atoms with Gasteiger partial charge in [0, 0.05) is 17.5 Å². The van der Waals surface area contributed by atoms with E-state index >= 15 is 0 Å². The quantitative estimate of drug-likeness (QED) is 0.434. The van der Waals surface area contributed by atoms with Crippen molar-refractivity contribution in [1.82, 2.24) is 4.57 Å². The van der Waals surface area contributed by atoms with Gasteiger partial charge in [0.2, 0.25) is 5.91 Å². The number of phenols is 1. The molecule has 0 saturated heterocycles.